The first-order valence-electron chi connectivity index (χ1n) is 6.09. The first kappa shape index (κ1) is 11.1. The van der Waals surface area contributed by atoms with E-state index in [-0.39, 0.29) is 17.5 Å². The lowest BCUT2D eigenvalue weighted by atomic mass is 9.93. The summed E-state index contributed by atoms with van der Waals surface area (Å²) < 4.78 is 12.8. The molecule has 0 aliphatic heterocycles. The van der Waals surface area contributed by atoms with Gasteiger partial charge in [-0.15, -0.1) is 0 Å². The van der Waals surface area contributed by atoms with Crippen molar-refractivity contribution in [1.29, 1.82) is 0 Å². The van der Waals surface area contributed by atoms with E-state index in [1.54, 1.807) is 12.1 Å². The summed E-state index contributed by atoms with van der Waals surface area (Å²) in [6.07, 6.45) is 1.19. The van der Waals surface area contributed by atoms with E-state index in [1.165, 1.54) is 12.1 Å². The lowest BCUT2D eigenvalue weighted by Gasteiger charge is -2.10. The molecule has 0 heterocycles. The zero-order valence-electron chi connectivity index (χ0n) is 9.90. The van der Waals surface area contributed by atoms with Gasteiger partial charge in [-0.1, -0.05) is 36.4 Å². The first-order chi connectivity index (χ1) is 8.74. The molecule has 1 aliphatic carbocycles. The van der Waals surface area contributed by atoms with Crippen molar-refractivity contribution in [2.45, 2.75) is 18.8 Å². The van der Waals surface area contributed by atoms with Crippen LogP contribution in [0.3, 0.4) is 0 Å². The fourth-order valence-electron chi connectivity index (χ4n) is 2.60. The molecule has 0 bridgehead atoms. The minimum atomic E-state index is -0.239. The van der Waals surface area contributed by atoms with Gasteiger partial charge in [-0.25, -0.2) is 4.39 Å². The number of ketones is 1. The fourth-order valence-corrected chi connectivity index (χ4v) is 2.60. The highest BCUT2D eigenvalue weighted by molar-refractivity contribution is 5.92. The molecule has 18 heavy (non-hydrogen) atoms. The van der Waals surface area contributed by atoms with Gasteiger partial charge in [-0.05, 0) is 35.2 Å². The molecule has 90 valence electrons. The quantitative estimate of drug-likeness (QED) is 0.787. The summed E-state index contributed by atoms with van der Waals surface area (Å²) in [5.74, 6) is -0.0379. The molecule has 1 unspecified atom stereocenters. The Labute approximate surface area is 105 Å². The van der Waals surface area contributed by atoms with Crippen LogP contribution in [-0.4, -0.2) is 5.78 Å². The Morgan fingerprint density at radius 1 is 1.06 bits per heavy atom. The summed E-state index contributed by atoms with van der Waals surface area (Å²) in [4.78, 5) is 12.0. The molecule has 2 heteroatoms. The topological polar surface area (TPSA) is 17.1 Å². The van der Waals surface area contributed by atoms with Crippen molar-refractivity contribution < 1.29 is 9.18 Å². The fraction of sp³-hybridized carbons (Fsp3) is 0.188. The molecule has 0 fully saturated rings. The maximum atomic E-state index is 12.8. The average Bonchev–Trinajstić information content (AvgIpc) is 2.69. The third-order valence-corrected chi connectivity index (χ3v) is 3.54. The molecule has 0 saturated heterocycles. The minimum absolute atomic E-state index is 0.0633. The number of hydrogen-bond acceptors (Lipinski definition) is 1. The van der Waals surface area contributed by atoms with E-state index in [1.807, 2.05) is 24.3 Å². The molecule has 0 spiro atoms. The van der Waals surface area contributed by atoms with Crippen molar-refractivity contribution in [2.75, 3.05) is 0 Å². The van der Waals surface area contributed by atoms with Crippen molar-refractivity contribution in [3.05, 3.63) is 71.0 Å². The molecular formula is C16H13FO. The smallest absolute Gasteiger partial charge is 0.145 e. The van der Waals surface area contributed by atoms with Gasteiger partial charge in [0.15, 0.2) is 0 Å². The second-order valence-corrected chi connectivity index (χ2v) is 4.73. The van der Waals surface area contributed by atoms with Crippen molar-refractivity contribution in [3.8, 4) is 0 Å². The highest BCUT2D eigenvalue weighted by Gasteiger charge is 2.29. The maximum absolute atomic E-state index is 12.8. The van der Waals surface area contributed by atoms with E-state index in [0.717, 1.165) is 16.7 Å². The van der Waals surface area contributed by atoms with E-state index in [9.17, 15) is 9.18 Å². The first-order valence-corrected chi connectivity index (χ1v) is 6.09. The molecule has 0 saturated carbocycles. The summed E-state index contributed by atoms with van der Waals surface area (Å²) in [7, 11) is 0. The summed E-state index contributed by atoms with van der Waals surface area (Å²) in [5, 5.41) is 0. The largest absolute Gasteiger partial charge is 0.299 e. The molecule has 0 radical (unpaired) electrons. The standard InChI is InChI=1S/C16H13FO/c17-13-7-5-11(6-8-13)9-15-14-4-2-1-3-12(14)10-16(15)18/h1-8,15H,9-10H2. The summed E-state index contributed by atoms with van der Waals surface area (Å²) in [6, 6.07) is 14.4. The molecule has 1 aliphatic rings. The number of hydrogen-bond donors (Lipinski definition) is 0. The third-order valence-electron chi connectivity index (χ3n) is 3.54. The SMILES string of the molecule is O=C1Cc2ccccc2C1Cc1ccc(F)cc1. The van der Waals surface area contributed by atoms with E-state index >= 15 is 0 Å². The predicted octanol–water partition coefficient (Wildman–Crippen LogP) is 3.28. The van der Waals surface area contributed by atoms with Gasteiger partial charge < -0.3 is 0 Å². The third kappa shape index (κ3) is 1.94. The van der Waals surface area contributed by atoms with Gasteiger partial charge in [0.25, 0.3) is 0 Å². The Morgan fingerprint density at radius 2 is 1.78 bits per heavy atom. The molecule has 2 aromatic rings. The van der Waals surface area contributed by atoms with E-state index < -0.39 is 0 Å². The van der Waals surface area contributed by atoms with E-state index in [2.05, 4.69) is 0 Å². The average molecular weight is 240 g/mol. The van der Waals surface area contributed by atoms with Gasteiger partial charge in [-0.3, -0.25) is 4.79 Å². The minimum Gasteiger partial charge on any atom is -0.299 e. The monoisotopic (exact) mass is 240 g/mol. The number of rotatable bonds is 2. The second-order valence-electron chi connectivity index (χ2n) is 4.73. The van der Waals surface area contributed by atoms with Gasteiger partial charge in [0.2, 0.25) is 0 Å². The van der Waals surface area contributed by atoms with Gasteiger partial charge in [0.05, 0.1) is 0 Å². The zero-order chi connectivity index (χ0) is 12.5. The number of halogens is 1. The summed E-state index contributed by atoms with van der Waals surface area (Å²) in [6.45, 7) is 0. The van der Waals surface area contributed by atoms with Crippen LogP contribution in [0.1, 0.15) is 22.6 Å². The van der Waals surface area contributed by atoms with Crippen molar-refractivity contribution in [3.63, 3.8) is 0 Å². The van der Waals surface area contributed by atoms with E-state index in [0.29, 0.717) is 12.8 Å². The number of carbonyl (C=O) groups excluding carboxylic acids is 1. The van der Waals surface area contributed by atoms with Gasteiger partial charge in [0.1, 0.15) is 11.6 Å². The summed E-state index contributed by atoms with van der Waals surface area (Å²) >= 11 is 0. The molecule has 1 nitrogen and oxygen atoms in total. The van der Waals surface area contributed by atoms with Gasteiger partial charge in [-0.2, -0.15) is 0 Å². The Bertz CT molecular complexity index is 586. The van der Waals surface area contributed by atoms with Crippen molar-refractivity contribution in [1.82, 2.24) is 0 Å². The van der Waals surface area contributed by atoms with Crippen LogP contribution in [0.15, 0.2) is 48.5 Å². The highest BCUT2D eigenvalue weighted by atomic mass is 19.1. The molecule has 3 rings (SSSR count). The predicted molar refractivity (Wildman–Crippen MR) is 68.0 cm³/mol. The molecule has 0 amide bonds. The Hall–Kier alpha value is -1.96. The van der Waals surface area contributed by atoms with Crippen molar-refractivity contribution in [2.24, 2.45) is 0 Å². The van der Waals surface area contributed by atoms with Crippen LogP contribution in [0.2, 0.25) is 0 Å². The van der Waals surface area contributed by atoms with Gasteiger partial charge in [0, 0.05) is 12.3 Å². The van der Waals surface area contributed by atoms with E-state index in [4.69, 9.17) is 0 Å². The highest BCUT2D eigenvalue weighted by Crippen LogP contribution is 2.32. The molecule has 0 N–H and O–H groups in total. The van der Waals surface area contributed by atoms with Crippen LogP contribution in [0, 0.1) is 5.82 Å². The Balaban J connectivity index is 1.89. The van der Waals surface area contributed by atoms with Crippen LogP contribution in [0.5, 0.6) is 0 Å². The van der Waals surface area contributed by atoms with Gasteiger partial charge >= 0.3 is 0 Å². The van der Waals surface area contributed by atoms with Crippen LogP contribution >= 0.6 is 0 Å². The number of carbonyl (C=O) groups is 1. The normalized spacial score (nSPS) is 17.8. The van der Waals surface area contributed by atoms with Crippen LogP contribution < -0.4 is 0 Å². The number of fused-ring (bicyclic) bond motifs is 1. The van der Waals surface area contributed by atoms with Crippen LogP contribution in [0.4, 0.5) is 4.39 Å². The molecule has 2 aromatic carbocycles. The Kier molecular flexibility index (Phi) is 2.71. The number of benzene rings is 2. The zero-order valence-corrected chi connectivity index (χ0v) is 9.90. The number of Topliss-reactive ketones (excluding diaryl/α,β-unsaturated/α-hetero) is 1. The molecule has 0 aromatic heterocycles. The summed E-state index contributed by atoms with van der Waals surface area (Å²) in [5.41, 5.74) is 3.27. The van der Waals surface area contributed by atoms with Crippen LogP contribution in [0.25, 0.3) is 0 Å². The Morgan fingerprint density at radius 3 is 2.56 bits per heavy atom. The molecular weight excluding hydrogens is 227 g/mol. The molecule has 1 atom stereocenters. The maximum Gasteiger partial charge on any atom is 0.145 e. The second kappa shape index (κ2) is 4.37. The van der Waals surface area contributed by atoms with Crippen LogP contribution in [-0.2, 0) is 17.6 Å². The lowest BCUT2D eigenvalue weighted by molar-refractivity contribution is -0.119. The van der Waals surface area contributed by atoms with Crippen molar-refractivity contribution >= 4 is 5.78 Å². The lowest BCUT2D eigenvalue weighted by Crippen LogP contribution is -2.09.